The maximum Gasteiger partial charge on any atom is 0.232 e. The molecule has 5 heteroatoms. The second-order valence-electron chi connectivity index (χ2n) is 6.57. The largest absolute Gasteiger partial charge is 0.342 e. The molecule has 0 unspecified atom stereocenters. The summed E-state index contributed by atoms with van der Waals surface area (Å²) in [5, 5.41) is 0. The second-order valence-corrected chi connectivity index (χ2v) is 8.61. The van der Waals surface area contributed by atoms with Gasteiger partial charge in [-0.1, -0.05) is 18.2 Å². The number of benzene rings is 1. The summed E-state index contributed by atoms with van der Waals surface area (Å²) < 4.78 is 24.1. The van der Waals surface area contributed by atoms with Gasteiger partial charge in [-0.25, -0.2) is 8.42 Å². The number of carbonyl (C=O) groups is 1. The molecule has 0 spiro atoms. The molecule has 1 amide bonds. The highest BCUT2D eigenvalue weighted by atomic mass is 32.2. The number of sulfone groups is 1. The molecule has 0 aromatic heterocycles. The van der Waals surface area contributed by atoms with Gasteiger partial charge in [0.25, 0.3) is 0 Å². The minimum atomic E-state index is -3.33. The van der Waals surface area contributed by atoms with Crippen LogP contribution in [0.15, 0.2) is 41.8 Å². The Balaban J connectivity index is 2.23. The third-order valence-electron chi connectivity index (χ3n) is 4.45. The first kappa shape index (κ1) is 17.7. The Kier molecular flexibility index (Phi) is 5.30. The molecule has 1 saturated heterocycles. The Morgan fingerprint density at radius 3 is 2.26 bits per heavy atom. The number of carbonyl (C=O) groups excluding carboxylic acids is 1. The van der Waals surface area contributed by atoms with Crippen LogP contribution in [-0.2, 0) is 20.0 Å². The Morgan fingerprint density at radius 2 is 1.74 bits per heavy atom. The van der Waals surface area contributed by atoms with E-state index in [1.807, 2.05) is 18.7 Å². The van der Waals surface area contributed by atoms with Crippen LogP contribution in [0.2, 0.25) is 0 Å². The summed E-state index contributed by atoms with van der Waals surface area (Å²) in [6.45, 7) is 8.90. The van der Waals surface area contributed by atoms with Gasteiger partial charge in [-0.05, 0) is 50.8 Å². The lowest BCUT2D eigenvalue weighted by atomic mass is 9.83. The zero-order valence-electron chi connectivity index (χ0n) is 13.9. The van der Waals surface area contributed by atoms with Crippen molar-refractivity contribution in [2.75, 3.05) is 18.8 Å². The van der Waals surface area contributed by atoms with E-state index in [-0.39, 0.29) is 16.6 Å². The van der Waals surface area contributed by atoms with Crippen molar-refractivity contribution in [1.82, 2.24) is 4.90 Å². The van der Waals surface area contributed by atoms with Crippen molar-refractivity contribution in [3.05, 3.63) is 42.5 Å². The van der Waals surface area contributed by atoms with Crippen molar-refractivity contribution in [3.63, 3.8) is 0 Å². The lowest BCUT2D eigenvalue weighted by Crippen LogP contribution is -2.45. The molecule has 1 fully saturated rings. The fourth-order valence-corrected chi connectivity index (χ4v) is 4.00. The normalized spacial score (nSPS) is 16.2. The lowest BCUT2D eigenvalue weighted by Gasteiger charge is -2.34. The second kappa shape index (κ2) is 6.87. The number of hydrogen-bond acceptors (Lipinski definition) is 3. The van der Waals surface area contributed by atoms with Gasteiger partial charge in [-0.15, -0.1) is 6.58 Å². The van der Waals surface area contributed by atoms with E-state index < -0.39 is 15.3 Å². The van der Waals surface area contributed by atoms with Crippen molar-refractivity contribution in [3.8, 4) is 0 Å². The molecule has 1 aliphatic rings. The average Bonchev–Trinajstić information content (AvgIpc) is 2.55. The molecule has 2 rings (SSSR count). The number of likely N-dealkylation sites (tertiary alicyclic amines) is 1. The average molecular weight is 335 g/mol. The standard InChI is InChI=1S/C18H25NO3S/c1-4-14-23(21,22)16-10-8-15(9-11-16)18(2,3)17(20)19-12-6-5-7-13-19/h4,8-11H,1,5-7,12-14H2,2-3H3. The van der Waals surface area contributed by atoms with Crippen LogP contribution < -0.4 is 0 Å². The van der Waals surface area contributed by atoms with E-state index in [1.165, 1.54) is 12.5 Å². The Hall–Kier alpha value is -1.62. The van der Waals surface area contributed by atoms with Gasteiger partial charge >= 0.3 is 0 Å². The minimum absolute atomic E-state index is 0.0809. The predicted molar refractivity (Wildman–Crippen MR) is 92.1 cm³/mol. The first-order valence-electron chi connectivity index (χ1n) is 8.02. The van der Waals surface area contributed by atoms with Gasteiger partial charge in [-0.2, -0.15) is 0 Å². The van der Waals surface area contributed by atoms with E-state index in [1.54, 1.807) is 24.3 Å². The number of hydrogen-bond donors (Lipinski definition) is 0. The molecule has 0 bridgehead atoms. The van der Waals surface area contributed by atoms with Crippen molar-refractivity contribution >= 4 is 15.7 Å². The molecule has 1 heterocycles. The summed E-state index contributed by atoms with van der Waals surface area (Å²) in [6, 6.07) is 6.66. The summed E-state index contributed by atoms with van der Waals surface area (Å²) in [5.74, 6) is 0.0292. The Morgan fingerprint density at radius 1 is 1.17 bits per heavy atom. The number of nitrogens with zero attached hydrogens (tertiary/aromatic N) is 1. The van der Waals surface area contributed by atoms with Gasteiger partial charge in [0, 0.05) is 13.1 Å². The molecular weight excluding hydrogens is 310 g/mol. The first-order valence-corrected chi connectivity index (χ1v) is 9.68. The lowest BCUT2D eigenvalue weighted by molar-refractivity contribution is -0.137. The van der Waals surface area contributed by atoms with Crippen molar-refractivity contribution in [2.24, 2.45) is 0 Å². The zero-order valence-corrected chi connectivity index (χ0v) is 14.7. The van der Waals surface area contributed by atoms with E-state index in [4.69, 9.17) is 0 Å². The third-order valence-corrected chi connectivity index (χ3v) is 6.12. The third kappa shape index (κ3) is 3.83. The Bertz CT molecular complexity index is 669. The molecule has 0 aliphatic carbocycles. The molecule has 0 N–H and O–H groups in total. The minimum Gasteiger partial charge on any atom is -0.342 e. The van der Waals surface area contributed by atoms with Crippen LogP contribution in [0.3, 0.4) is 0 Å². The number of piperidine rings is 1. The van der Waals surface area contributed by atoms with Crippen LogP contribution in [0, 0.1) is 0 Å². The molecule has 1 aromatic rings. The van der Waals surface area contributed by atoms with Gasteiger partial charge in [0.05, 0.1) is 16.1 Å². The van der Waals surface area contributed by atoms with Gasteiger partial charge in [-0.3, -0.25) is 4.79 Å². The molecule has 0 radical (unpaired) electrons. The molecule has 126 valence electrons. The molecule has 4 nitrogen and oxygen atoms in total. The van der Waals surface area contributed by atoms with Crippen LogP contribution >= 0.6 is 0 Å². The van der Waals surface area contributed by atoms with E-state index >= 15 is 0 Å². The number of amides is 1. The fraction of sp³-hybridized carbons (Fsp3) is 0.500. The molecule has 1 aliphatic heterocycles. The van der Waals surface area contributed by atoms with Crippen LogP contribution in [0.25, 0.3) is 0 Å². The van der Waals surface area contributed by atoms with Crippen molar-refractivity contribution < 1.29 is 13.2 Å². The van der Waals surface area contributed by atoms with E-state index in [2.05, 4.69) is 6.58 Å². The zero-order chi connectivity index (χ0) is 17.1. The maximum absolute atomic E-state index is 12.8. The predicted octanol–water partition coefficient (Wildman–Crippen LogP) is 2.94. The molecule has 0 saturated carbocycles. The summed E-state index contributed by atoms with van der Waals surface area (Å²) in [4.78, 5) is 15.0. The SMILES string of the molecule is C=CCS(=O)(=O)c1ccc(C(C)(C)C(=O)N2CCCCC2)cc1. The first-order chi connectivity index (χ1) is 10.8. The highest BCUT2D eigenvalue weighted by Crippen LogP contribution is 2.28. The molecular formula is C18H25NO3S. The highest BCUT2D eigenvalue weighted by Gasteiger charge is 2.34. The van der Waals surface area contributed by atoms with Crippen LogP contribution in [-0.4, -0.2) is 38.1 Å². The van der Waals surface area contributed by atoms with Crippen molar-refractivity contribution in [1.29, 1.82) is 0 Å². The van der Waals surface area contributed by atoms with Crippen LogP contribution in [0.5, 0.6) is 0 Å². The van der Waals surface area contributed by atoms with Crippen LogP contribution in [0.1, 0.15) is 38.7 Å². The van der Waals surface area contributed by atoms with E-state index in [9.17, 15) is 13.2 Å². The van der Waals surface area contributed by atoms with Gasteiger partial charge in [0.2, 0.25) is 5.91 Å². The monoisotopic (exact) mass is 335 g/mol. The molecule has 23 heavy (non-hydrogen) atoms. The smallest absolute Gasteiger partial charge is 0.232 e. The topological polar surface area (TPSA) is 54.5 Å². The molecule has 0 atom stereocenters. The fourth-order valence-electron chi connectivity index (χ4n) is 2.95. The van der Waals surface area contributed by atoms with E-state index in [0.717, 1.165) is 31.5 Å². The Labute approximate surface area is 139 Å². The van der Waals surface area contributed by atoms with E-state index in [0.29, 0.717) is 0 Å². The summed E-state index contributed by atoms with van der Waals surface area (Å²) >= 11 is 0. The maximum atomic E-state index is 12.8. The van der Waals surface area contributed by atoms with Gasteiger partial charge < -0.3 is 4.90 Å². The highest BCUT2D eigenvalue weighted by molar-refractivity contribution is 7.91. The quantitative estimate of drug-likeness (QED) is 0.778. The van der Waals surface area contributed by atoms with Crippen LogP contribution in [0.4, 0.5) is 0 Å². The summed E-state index contributed by atoms with van der Waals surface area (Å²) in [7, 11) is -3.33. The summed E-state index contributed by atoms with van der Waals surface area (Å²) in [5.41, 5.74) is 0.184. The van der Waals surface area contributed by atoms with Gasteiger partial charge in [0.1, 0.15) is 0 Å². The molecule has 1 aromatic carbocycles. The van der Waals surface area contributed by atoms with Gasteiger partial charge in [0.15, 0.2) is 9.84 Å². The number of rotatable bonds is 5. The summed E-state index contributed by atoms with van der Waals surface area (Å²) in [6.07, 6.45) is 4.67. The van der Waals surface area contributed by atoms with Crippen molar-refractivity contribution in [2.45, 2.75) is 43.4 Å².